The Morgan fingerprint density at radius 2 is 1.75 bits per heavy atom. The molecule has 0 aromatic heterocycles. The van der Waals surface area contributed by atoms with Crippen LogP contribution in [0.4, 0.5) is 9.18 Å². The first-order chi connectivity index (χ1) is 19.0. The van der Waals surface area contributed by atoms with E-state index in [0.29, 0.717) is 37.5 Å². The number of piperidine rings is 1. The van der Waals surface area contributed by atoms with Crippen molar-refractivity contribution >= 4 is 12.0 Å². The Bertz CT molecular complexity index is 1210. The number of halogens is 1. The maximum Gasteiger partial charge on any atom is 0.410 e. The topological polar surface area (TPSA) is 68.3 Å². The molecule has 0 radical (unpaired) electrons. The van der Waals surface area contributed by atoms with Crippen LogP contribution in [0.3, 0.4) is 0 Å². The predicted octanol–water partition coefficient (Wildman–Crippen LogP) is 6.39. The lowest BCUT2D eigenvalue weighted by Gasteiger charge is -2.47. The molecular weight excluding hydrogens is 511 g/mol. The number of carbonyl (C=O) groups excluding carboxylic acids is 2. The maximum atomic E-state index is 14.6. The van der Waals surface area contributed by atoms with Gasteiger partial charge in [0.05, 0.1) is 0 Å². The molecule has 1 aliphatic heterocycles. The van der Waals surface area contributed by atoms with Crippen molar-refractivity contribution in [2.75, 3.05) is 40.1 Å². The van der Waals surface area contributed by atoms with E-state index in [9.17, 15) is 14.0 Å². The molecule has 1 atom stereocenters. The van der Waals surface area contributed by atoms with Crippen molar-refractivity contribution in [1.29, 1.82) is 0 Å². The van der Waals surface area contributed by atoms with Gasteiger partial charge in [0.1, 0.15) is 17.2 Å². The Morgan fingerprint density at radius 1 is 1.05 bits per heavy atom. The second-order valence-electron chi connectivity index (χ2n) is 12.0. The first kappa shape index (κ1) is 29.8. The molecule has 0 N–H and O–H groups in total. The Hall–Kier alpha value is -3.13. The van der Waals surface area contributed by atoms with Crippen LogP contribution in [0.2, 0.25) is 0 Å². The summed E-state index contributed by atoms with van der Waals surface area (Å²) >= 11 is 0. The molecule has 40 heavy (non-hydrogen) atoms. The zero-order chi connectivity index (χ0) is 29.1. The summed E-state index contributed by atoms with van der Waals surface area (Å²) < 4.78 is 31.4. The van der Waals surface area contributed by atoms with Gasteiger partial charge in [0, 0.05) is 50.3 Å². The van der Waals surface area contributed by atoms with Crippen LogP contribution < -0.4 is 4.74 Å². The molecule has 2 amide bonds. The molecule has 7 nitrogen and oxygen atoms in total. The molecule has 2 aliphatic rings. The first-order valence-corrected chi connectivity index (χ1v) is 14.3. The number of hydrogen-bond donors (Lipinski definition) is 0. The van der Waals surface area contributed by atoms with Crippen LogP contribution >= 0.6 is 0 Å². The van der Waals surface area contributed by atoms with E-state index in [1.54, 1.807) is 29.0 Å². The third-order valence-electron chi connectivity index (χ3n) is 8.18. The lowest BCUT2D eigenvalue weighted by Crippen LogP contribution is -2.47. The minimum Gasteiger partial charge on any atom is -0.467 e. The van der Waals surface area contributed by atoms with Crippen LogP contribution in [-0.2, 0) is 15.9 Å². The number of methoxy groups -OCH3 is 1. The Kier molecular flexibility index (Phi) is 9.08. The van der Waals surface area contributed by atoms with Gasteiger partial charge in [0.25, 0.3) is 5.91 Å². The van der Waals surface area contributed by atoms with Crippen LogP contribution in [0.25, 0.3) is 0 Å². The average molecular weight is 555 g/mol. The first-order valence-electron chi connectivity index (χ1n) is 14.3. The molecular formula is C32H43FN2O5. The van der Waals surface area contributed by atoms with Gasteiger partial charge >= 0.3 is 6.09 Å². The zero-order valence-corrected chi connectivity index (χ0v) is 24.7. The number of likely N-dealkylation sites (tertiary alicyclic amines) is 1. The van der Waals surface area contributed by atoms with E-state index < -0.39 is 5.60 Å². The fourth-order valence-electron chi connectivity index (χ4n) is 6.11. The van der Waals surface area contributed by atoms with Gasteiger partial charge in [-0.15, -0.1) is 0 Å². The van der Waals surface area contributed by atoms with Gasteiger partial charge in [-0.25, -0.2) is 9.18 Å². The summed E-state index contributed by atoms with van der Waals surface area (Å²) in [5.41, 5.74) is 2.93. The molecule has 4 rings (SSSR count). The van der Waals surface area contributed by atoms with Crippen molar-refractivity contribution in [2.45, 2.75) is 71.8 Å². The third-order valence-corrected chi connectivity index (χ3v) is 8.18. The monoisotopic (exact) mass is 554 g/mol. The standard InChI is InChI=1S/C32H43FN2O5/c1-7-34(8-2)29(36)22-10-12-25(28(17-22)39-21-38-6)27-20-32(19-23-9-11-24(33)18-26(23)27)13-15-35(16-14-32)30(37)40-31(3,4)5/h9-12,17-18,27H,7-8,13-16,19-21H2,1-6H3. The van der Waals surface area contributed by atoms with Crippen molar-refractivity contribution in [2.24, 2.45) is 5.41 Å². The summed E-state index contributed by atoms with van der Waals surface area (Å²) in [6.07, 6.45) is 2.99. The number of benzene rings is 2. The number of nitrogens with zero attached hydrogens (tertiary/aromatic N) is 2. The predicted molar refractivity (Wildman–Crippen MR) is 152 cm³/mol. The van der Waals surface area contributed by atoms with Gasteiger partial charge in [0.2, 0.25) is 0 Å². The van der Waals surface area contributed by atoms with Gasteiger partial charge in [-0.2, -0.15) is 0 Å². The maximum absolute atomic E-state index is 14.6. The highest BCUT2D eigenvalue weighted by Gasteiger charge is 2.43. The molecule has 1 saturated heterocycles. The summed E-state index contributed by atoms with van der Waals surface area (Å²) in [5.74, 6) is 0.118. The number of amides is 2. The van der Waals surface area contributed by atoms with E-state index in [2.05, 4.69) is 0 Å². The molecule has 1 unspecified atom stereocenters. The summed E-state index contributed by atoms with van der Waals surface area (Å²) in [7, 11) is 1.56. The lowest BCUT2D eigenvalue weighted by molar-refractivity contribution is 0.00735. The molecule has 8 heteroatoms. The number of rotatable bonds is 7. The quantitative estimate of drug-likeness (QED) is 0.371. The van der Waals surface area contributed by atoms with E-state index >= 15 is 0 Å². The van der Waals surface area contributed by atoms with Crippen LogP contribution in [-0.4, -0.2) is 67.5 Å². The van der Waals surface area contributed by atoms with Crippen molar-refractivity contribution in [3.63, 3.8) is 0 Å². The van der Waals surface area contributed by atoms with Crippen molar-refractivity contribution < 1.29 is 28.2 Å². The van der Waals surface area contributed by atoms with Crippen LogP contribution in [0, 0.1) is 11.2 Å². The van der Waals surface area contributed by atoms with Crippen molar-refractivity contribution in [3.05, 3.63) is 64.5 Å². The van der Waals surface area contributed by atoms with Crippen LogP contribution in [0.1, 0.15) is 86.8 Å². The van der Waals surface area contributed by atoms with Gasteiger partial charge in [-0.3, -0.25) is 4.79 Å². The Morgan fingerprint density at radius 3 is 2.38 bits per heavy atom. The van der Waals surface area contributed by atoms with E-state index in [0.717, 1.165) is 42.4 Å². The van der Waals surface area contributed by atoms with E-state index in [1.807, 2.05) is 52.8 Å². The zero-order valence-electron chi connectivity index (χ0n) is 24.7. The normalized spacial score (nSPS) is 18.3. The van der Waals surface area contributed by atoms with Crippen LogP contribution in [0.5, 0.6) is 5.75 Å². The molecule has 1 heterocycles. The fourth-order valence-corrected chi connectivity index (χ4v) is 6.11. The fraction of sp³-hybridized carbons (Fsp3) is 0.562. The third kappa shape index (κ3) is 6.60. The minimum atomic E-state index is -0.539. The number of fused-ring (bicyclic) bond motifs is 1. The number of carbonyl (C=O) groups is 2. The van der Waals surface area contributed by atoms with Crippen LogP contribution in [0.15, 0.2) is 36.4 Å². The lowest BCUT2D eigenvalue weighted by atomic mass is 9.61. The van der Waals surface area contributed by atoms with Crippen molar-refractivity contribution in [1.82, 2.24) is 9.80 Å². The average Bonchev–Trinajstić information content (AvgIpc) is 2.91. The summed E-state index contributed by atoms with van der Waals surface area (Å²) in [5, 5.41) is 0. The molecule has 1 spiro atoms. The summed E-state index contributed by atoms with van der Waals surface area (Å²) in [6, 6.07) is 10.7. The van der Waals surface area contributed by atoms with E-state index in [1.165, 1.54) is 6.07 Å². The van der Waals surface area contributed by atoms with E-state index in [-0.39, 0.29) is 35.9 Å². The highest BCUT2D eigenvalue weighted by atomic mass is 19.1. The Labute approximate surface area is 237 Å². The molecule has 2 aromatic carbocycles. The number of hydrogen-bond acceptors (Lipinski definition) is 5. The minimum absolute atomic E-state index is 0.0363. The second kappa shape index (κ2) is 12.2. The summed E-state index contributed by atoms with van der Waals surface area (Å²) in [4.78, 5) is 29.4. The van der Waals surface area contributed by atoms with Crippen molar-refractivity contribution in [3.8, 4) is 5.75 Å². The van der Waals surface area contributed by atoms with Gasteiger partial charge in [0.15, 0.2) is 6.79 Å². The molecule has 1 aliphatic carbocycles. The van der Waals surface area contributed by atoms with E-state index in [4.69, 9.17) is 14.2 Å². The smallest absolute Gasteiger partial charge is 0.410 e. The SMILES string of the molecule is CCN(CC)C(=O)c1ccc(C2CC3(CCN(C(=O)OC(C)(C)C)CC3)Cc3ccc(F)cc32)c(OCOC)c1. The molecule has 0 saturated carbocycles. The highest BCUT2D eigenvalue weighted by Crippen LogP contribution is 2.52. The Balaban J connectivity index is 1.68. The number of ether oxygens (including phenoxy) is 3. The van der Waals surface area contributed by atoms with Gasteiger partial charge in [-0.1, -0.05) is 12.1 Å². The van der Waals surface area contributed by atoms with Gasteiger partial charge < -0.3 is 24.0 Å². The molecule has 1 fully saturated rings. The largest absolute Gasteiger partial charge is 0.467 e. The molecule has 2 aromatic rings. The van der Waals surface area contributed by atoms with Gasteiger partial charge in [-0.05, 0) is 101 Å². The summed E-state index contributed by atoms with van der Waals surface area (Å²) in [6.45, 7) is 12.0. The highest BCUT2D eigenvalue weighted by molar-refractivity contribution is 5.94. The second-order valence-corrected chi connectivity index (χ2v) is 12.0. The molecule has 0 bridgehead atoms. The molecule has 218 valence electrons.